The molecule has 3 rings (SSSR count). The molecule has 0 unspecified atom stereocenters. The predicted molar refractivity (Wildman–Crippen MR) is 102 cm³/mol. The number of aromatic nitrogens is 2. The zero-order chi connectivity index (χ0) is 17.8. The topological polar surface area (TPSA) is 59.0 Å². The average Bonchev–Trinajstić information content (AvgIpc) is 2.89. The number of carbonyl (C=O) groups excluding carboxylic acids is 1. The summed E-state index contributed by atoms with van der Waals surface area (Å²) in [6.45, 7) is 2.45. The highest BCUT2D eigenvalue weighted by Crippen LogP contribution is 2.19. The second kappa shape index (κ2) is 7.59. The first-order valence-electron chi connectivity index (χ1n) is 7.63. The molecule has 0 aliphatic carbocycles. The second-order valence-corrected chi connectivity index (χ2v) is 6.35. The van der Waals surface area contributed by atoms with Crippen molar-refractivity contribution in [1.82, 2.24) is 9.78 Å². The number of rotatable bonds is 4. The fraction of sp³-hybridized carbons (Fsp3) is 0.111. The van der Waals surface area contributed by atoms with Crippen LogP contribution in [-0.4, -0.2) is 15.8 Å². The van der Waals surface area contributed by atoms with Gasteiger partial charge in [-0.15, -0.1) is 0 Å². The van der Waals surface area contributed by atoms with Gasteiger partial charge in [-0.25, -0.2) is 4.79 Å². The van der Waals surface area contributed by atoms with E-state index in [4.69, 9.17) is 23.2 Å². The highest BCUT2D eigenvalue weighted by atomic mass is 35.5. The van der Waals surface area contributed by atoms with Crippen molar-refractivity contribution in [3.8, 4) is 0 Å². The number of nitrogens with zero attached hydrogens (tertiary/aromatic N) is 2. The Morgan fingerprint density at radius 1 is 1.08 bits per heavy atom. The molecule has 0 radical (unpaired) electrons. The van der Waals surface area contributed by atoms with E-state index in [0.717, 1.165) is 11.3 Å². The van der Waals surface area contributed by atoms with Crippen LogP contribution >= 0.6 is 23.2 Å². The second-order valence-electron chi connectivity index (χ2n) is 5.51. The molecule has 7 heteroatoms. The Hall–Kier alpha value is -2.50. The van der Waals surface area contributed by atoms with Gasteiger partial charge >= 0.3 is 6.03 Å². The molecule has 0 saturated carbocycles. The van der Waals surface area contributed by atoms with Gasteiger partial charge in [0.15, 0.2) is 5.82 Å². The van der Waals surface area contributed by atoms with Crippen molar-refractivity contribution in [3.05, 3.63) is 75.9 Å². The van der Waals surface area contributed by atoms with E-state index >= 15 is 0 Å². The van der Waals surface area contributed by atoms with Gasteiger partial charge in [0.1, 0.15) is 0 Å². The number of hydrogen-bond acceptors (Lipinski definition) is 2. The van der Waals surface area contributed by atoms with Gasteiger partial charge in [0, 0.05) is 27.5 Å². The highest BCUT2D eigenvalue weighted by Gasteiger charge is 2.10. The fourth-order valence-corrected chi connectivity index (χ4v) is 2.75. The summed E-state index contributed by atoms with van der Waals surface area (Å²) in [6, 6.07) is 15.9. The molecule has 25 heavy (non-hydrogen) atoms. The molecule has 5 nitrogen and oxygen atoms in total. The lowest BCUT2D eigenvalue weighted by molar-refractivity contribution is 0.262. The third kappa shape index (κ3) is 4.53. The van der Waals surface area contributed by atoms with Gasteiger partial charge < -0.3 is 5.32 Å². The maximum absolute atomic E-state index is 12.1. The first kappa shape index (κ1) is 17.3. The molecule has 1 heterocycles. The summed E-state index contributed by atoms with van der Waals surface area (Å²) in [4.78, 5) is 12.1. The SMILES string of the molecule is Cc1cc(NC(=O)Nc2cccc(Cl)c2)nn1Cc1ccccc1Cl. The number of hydrogen-bond donors (Lipinski definition) is 2. The van der Waals surface area contributed by atoms with Crippen molar-refractivity contribution >= 4 is 40.7 Å². The van der Waals surface area contributed by atoms with E-state index in [9.17, 15) is 4.79 Å². The monoisotopic (exact) mass is 374 g/mol. The van der Waals surface area contributed by atoms with Crippen molar-refractivity contribution in [3.63, 3.8) is 0 Å². The van der Waals surface area contributed by atoms with Crippen LogP contribution in [0.1, 0.15) is 11.3 Å². The zero-order valence-electron chi connectivity index (χ0n) is 13.5. The molecule has 2 N–H and O–H groups in total. The molecule has 2 aromatic carbocycles. The van der Waals surface area contributed by atoms with E-state index in [1.807, 2.05) is 31.2 Å². The maximum atomic E-state index is 12.1. The average molecular weight is 375 g/mol. The Morgan fingerprint density at radius 3 is 2.64 bits per heavy atom. The van der Waals surface area contributed by atoms with Gasteiger partial charge in [0.2, 0.25) is 0 Å². The van der Waals surface area contributed by atoms with Crippen LogP contribution < -0.4 is 10.6 Å². The molecule has 0 saturated heterocycles. The molecule has 2 amide bonds. The van der Waals surface area contributed by atoms with Gasteiger partial charge in [-0.2, -0.15) is 5.10 Å². The van der Waals surface area contributed by atoms with Crippen LogP contribution in [0, 0.1) is 6.92 Å². The smallest absolute Gasteiger partial charge is 0.308 e. The van der Waals surface area contributed by atoms with E-state index in [1.54, 1.807) is 35.0 Å². The molecule has 3 aromatic rings. The number of halogens is 2. The number of urea groups is 1. The molecule has 0 aliphatic heterocycles. The van der Waals surface area contributed by atoms with Crippen LogP contribution in [0.2, 0.25) is 10.0 Å². The zero-order valence-corrected chi connectivity index (χ0v) is 15.0. The Labute approximate surface area is 155 Å². The van der Waals surface area contributed by atoms with E-state index < -0.39 is 0 Å². The van der Waals surface area contributed by atoms with Crippen molar-refractivity contribution in [2.24, 2.45) is 0 Å². The summed E-state index contributed by atoms with van der Waals surface area (Å²) in [5.74, 6) is 0.462. The van der Waals surface area contributed by atoms with E-state index in [2.05, 4.69) is 15.7 Å². The molecule has 0 atom stereocenters. The molecule has 0 fully saturated rings. The van der Waals surface area contributed by atoms with Gasteiger partial charge in [-0.1, -0.05) is 47.5 Å². The van der Waals surface area contributed by atoms with E-state index in [-0.39, 0.29) is 6.03 Å². The molecule has 0 spiro atoms. The molecular weight excluding hydrogens is 359 g/mol. The first-order valence-corrected chi connectivity index (χ1v) is 8.38. The van der Waals surface area contributed by atoms with Crippen LogP contribution in [0.5, 0.6) is 0 Å². The number of amides is 2. The minimum atomic E-state index is -0.385. The predicted octanol–water partition coefficient (Wildman–Crippen LogP) is 5.19. The summed E-state index contributed by atoms with van der Waals surface area (Å²) in [5.41, 5.74) is 2.49. The van der Waals surface area contributed by atoms with Crippen molar-refractivity contribution in [2.75, 3.05) is 10.6 Å². The Morgan fingerprint density at radius 2 is 1.88 bits per heavy atom. The Kier molecular flexibility index (Phi) is 5.26. The lowest BCUT2D eigenvalue weighted by atomic mass is 10.2. The molecule has 1 aromatic heterocycles. The van der Waals surface area contributed by atoms with E-state index in [1.165, 1.54) is 0 Å². The van der Waals surface area contributed by atoms with Crippen LogP contribution in [0.3, 0.4) is 0 Å². The summed E-state index contributed by atoms with van der Waals surface area (Å²) in [7, 11) is 0. The Bertz CT molecular complexity index is 908. The number of anilines is 2. The lowest BCUT2D eigenvalue weighted by Crippen LogP contribution is -2.19. The standard InChI is InChI=1S/C18H16Cl2N4O/c1-12-9-17(22-18(25)21-15-7-4-6-14(19)10-15)23-24(12)11-13-5-2-3-8-16(13)20/h2-10H,11H2,1H3,(H2,21,22,23,25). The van der Waals surface area contributed by atoms with Crippen LogP contribution in [0.4, 0.5) is 16.3 Å². The van der Waals surface area contributed by atoms with Crippen molar-refractivity contribution < 1.29 is 4.79 Å². The lowest BCUT2D eigenvalue weighted by Gasteiger charge is -2.07. The molecule has 128 valence electrons. The van der Waals surface area contributed by atoms with Crippen LogP contribution in [0.15, 0.2) is 54.6 Å². The van der Waals surface area contributed by atoms with Crippen LogP contribution in [0.25, 0.3) is 0 Å². The van der Waals surface area contributed by atoms with Crippen LogP contribution in [-0.2, 0) is 6.54 Å². The minimum absolute atomic E-state index is 0.385. The number of carbonyl (C=O) groups is 1. The summed E-state index contributed by atoms with van der Waals surface area (Å²) in [5, 5.41) is 11.1. The third-order valence-corrected chi connectivity index (χ3v) is 4.19. The molecule has 0 aliphatic rings. The van der Waals surface area contributed by atoms with Gasteiger partial charge in [-0.3, -0.25) is 10.00 Å². The quantitative estimate of drug-likeness (QED) is 0.659. The Balaban J connectivity index is 1.68. The summed E-state index contributed by atoms with van der Waals surface area (Å²) in [6.07, 6.45) is 0. The van der Waals surface area contributed by atoms with Gasteiger partial charge in [0.05, 0.1) is 6.54 Å². The molecule has 0 bridgehead atoms. The fourth-order valence-electron chi connectivity index (χ4n) is 2.36. The van der Waals surface area contributed by atoms with E-state index in [0.29, 0.717) is 28.1 Å². The normalized spacial score (nSPS) is 10.5. The largest absolute Gasteiger partial charge is 0.324 e. The van der Waals surface area contributed by atoms with Gasteiger partial charge in [-0.05, 0) is 36.8 Å². The minimum Gasteiger partial charge on any atom is -0.308 e. The van der Waals surface area contributed by atoms with Gasteiger partial charge in [0.25, 0.3) is 0 Å². The summed E-state index contributed by atoms with van der Waals surface area (Å²) < 4.78 is 1.79. The van der Waals surface area contributed by atoms with Crippen molar-refractivity contribution in [2.45, 2.75) is 13.5 Å². The number of aryl methyl sites for hydroxylation is 1. The summed E-state index contributed by atoms with van der Waals surface area (Å²) >= 11 is 12.1. The number of nitrogens with one attached hydrogen (secondary N) is 2. The molecular formula is C18H16Cl2N4O. The third-order valence-electron chi connectivity index (χ3n) is 3.58. The maximum Gasteiger partial charge on any atom is 0.324 e. The highest BCUT2D eigenvalue weighted by molar-refractivity contribution is 6.31. The van der Waals surface area contributed by atoms with Crippen molar-refractivity contribution in [1.29, 1.82) is 0 Å². The number of benzene rings is 2. The first-order chi connectivity index (χ1) is 12.0.